The molecule has 0 aliphatic rings. The van der Waals surface area contributed by atoms with Crippen molar-refractivity contribution in [1.82, 2.24) is 20.1 Å². The zero-order valence-corrected chi connectivity index (χ0v) is 18.8. The Morgan fingerprint density at radius 2 is 1.90 bits per heavy atom. The Balaban J connectivity index is 1.70. The van der Waals surface area contributed by atoms with Gasteiger partial charge in [0, 0.05) is 27.9 Å². The lowest BCUT2D eigenvalue weighted by Crippen LogP contribution is -2.28. The second-order valence-corrected chi connectivity index (χ2v) is 8.46. The number of aryl methyl sites for hydroxylation is 1. The number of benzene rings is 2. The van der Waals surface area contributed by atoms with E-state index in [2.05, 4.69) is 15.5 Å². The molecular weight excluding hydrogens is 427 g/mol. The summed E-state index contributed by atoms with van der Waals surface area (Å²) in [6.07, 6.45) is 0. The molecule has 8 heteroatoms. The molecule has 0 aliphatic heterocycles. The minimum absolute atomic E-state index is 0.134. The van der Waals surface area contributed by atoms with Gasteiger partial charge < -0.3 is 9.88 Å². The molecule has 1 heterocycles. The summed E-state index contributed by atoms with van der Waals surface area (Å²) in [6.45, 7) is 6.63. The van der Waals surface area contributed by atoms with Crippen LogP contribution in [0.1, 0.15) is 47.2 Å². The fourth-order valence-corrected chi connectivity index (χ4v) is 4.42. The van der Waals surface area contributed by atoms with Crippen molar-refractivity contribution in [1.29, 1.82) is 0 Å². The van der Waals surface area contributed by atoms with Crippen LogP contribution in [-0.2, 0) is 12.3 Å². The van der Waals surface area contributed by atoms with Crippen LogP contribution in [0.2, 0.25) is 10.0 Å². The van der Waals surface area contributed by atoms with E-state index in [9.17, 15) is 4.79 Å². The molecule has 0 radical (unpaired) electrons. The predicted molar refractivity (Wildman–Crippen MR) is 119 cm³/mol. The molecule has 1 amide bonds. The van der Waals surface area contributed by atoms with E-state index in [0.29, 0.717) is 27.9 Å². The summed E-state index contributed by atoms with van der Waals surface area (Å²) in [5.41, 5.74) is 2.72. The van der Waals surface area contributed by atoms with Gasteiger partial charge in [0.25, 0.3) is 5.91 Å². The Bertz CT molecular complexity index is 1000. The number of aromatic nitrogens is 3. The van der Waals surface area contributed by atoms with Crippen molar-refractivity contribution in [3.63, 3.8) is 0 Å². The number of hydrogen-bond acceptors (Lipinski definition) is 4. The molecule has 1 N–H and O–H groups in total. The zero-order chi connectivity index (χ0) is 21.0. The van der Waals surface area contributed by atoms with Crippen LogP contribution < -0.4 is 5.32 Å². The van der Waals surface area contributed by atoms with Crippen LogP contribution in [0.25, 0.3) is 0 Å². The van der Waals surface area contributed by atoms with Crippen LogP contribution in [0.4, 0.5) is 0 Å². The minimum atomic E-state index is -0.273. The second kappa shape index (κ2) is 9.65. The standard InChI is InChI=1S/C21H22Cl2N4OS/c1-4-27-19(14(3)24-20(28)15-7-5-13(2)6-8-15)25-26-21(27)29-12-16-9-10-17(22)11-18(16)23/h5-11,14H,4,12H2,1-3H3,(H,24,28)/t14-/m0/s1. The first kappa shape index (κ1) is 21.7. The third kappa shape index (κ3) is 5.32. The Hall–Kier alpha value is -2.02. The highest BCUT2D eigenvalue weighted by atomic mass is 35.5. The van der Waals surface area contributed by atoms with Crippen LogP contribution in [0.3, 0.4) is 0 Å². The van der Waals surface area contributed by atoms with Gasteiger partial charge in [0.1, 0.15) is 0 Å². The fourth-order valence-electron chi connectivity index (χ4n) is 2.85. The van der Waals surface area contributed by atoms with Crippen LogP contribution in [0, 0.1) is 6.92 Å². The number of carbonyl (C=O) groups excluding carboxylic acids is 1. The summed E-state index contributed by atoms with van der Waals surface area (Å²) >= 11 is 13.8. The quantitative estimate of drug-likeness (QED) is 0.471. The maximum absolute atomic E-state index is 12.5. The summed E-state index contributed by atoms with van der Waals surface area (Å²) in [4.78, 5) is 12.5. The molecule has 0 bridgehead atoms. The van der Waals surface area contributed by atoms with Gasteiger partial charge in [-0.15, -0.1) is 10.2 Å². The first-order valence-corrected chi connectivity index (χ1v) is 11.0. The van der Waals surface area contributed by atoms with Crippen LogP contribution in [0.15, 0.2) is 47.6 Å². The molecule has 152 valence electrons. The van der Waals surface area contributed by atoms with E-state index < -0.39 is 0 Å². The molecule has 2 aromatic carbocycles. The van der Waals surface area contributed by atoms with Crippen LogP contribution in [0.5, 0.6) is 0 Å². The predicted octanol–water partition coefficient (Wildman–Crippen LogP) is 5.70. The average Bonchev–Trinajstić information content (AvgIpc) is 3.10. The molecule has 0 unspecified atom stereocenters. The second-order valence-electron chi connectivity index (χ2n) is 6.67. The fraction of sp³-hybridized carbons (Fsp3) is 0.286. The lowest BCUT2D eigenvalue weighted by Gasteiger charge is -2.15. The average molecular weight is 449 g/mol. The lowest BCUT2D eigenvalue weighted by atomic mass is 10.1. The smallest absolute Gasteiger partial charge is 0.251 e. The Morgan fingerprint density at radius 3 is 2.55 bits per heavy atom. The number of hydrogen-bond donors (Lipinski definition) is 1. The van der Waals surface area contributed by atoms with Gasteiger partial charge in [-0.3, -0.25) is 4.79 Å². The van der Waals surface area contributed by atoms with Crippen molar-refractivity contribution < 1.29 is 4.79 Å². The summed E-state index contributed by atoms with van der Waals surface area (Å²) in [5, 5.41) is 13.7. The Labute approximate surface area is 184 Å². The number of nitrogens with one attached hydrogen (secondary N) is 1. The summed E-state index contributed by atoms with van der Waals surface area (Å²) in [6, 6.07) is 12.7. The molecule has 1 atom stereocenters. The highest BCUT2D eigenvalue weighted by Gasteiger charge is 2.20. The van der Waals surface area contributed by atoms with Crippen LogP contribution in [-0.4, -0.2) is 20.7 Å². The molecule has 0 saturated carbocycles. The Kier molecular flexibility index (Phi) is 7.22. The minimum Gasteiger partial charge on any atom is -0.342 e. The molecule has 0 fully saturated rings. The number of rotatable bonds is 7. The van der Waals surface area contributed by atoms with Crippen molar-refractivity contribution in [2.75, 3.05) is 0 Å². The van der Waals surface area contributed by atoms with E-state index >= 15 is 0 Å². The van der Waals surface area contributed by atoms with E-state index in [1.807, 2.05) is 61.7 Å². The first-order valence-electron chi connectivity index (χ1n) is 9.26. The van der Waals surface area contributed by atoms with Crippen LogP contribution >= 0.6 is 35.0 Å². The van der Waals surface area contributed by atoms with Gasteiger partial charge in [-0.2, -0.15) is 0 Å². The third-order valence-electron chi connectivity index (χ3n) is 4.48. The SMILES string of the molecule is CCn1c(SCc2ccc(Cl)cc2Cl)nnc1[C@H](C)NC(=O)c1ccc(C)cc1. The third-order valence-corrected chi connectivity index (χ3v) is 6.08. The van der Waals surface area contributed by atoms with Crippen molar-refractivity contribution >= 4 is 40.9 Å². The molecule has 5 nitrogen and oxygen atoms in total. The molecule has 3 rings (SSSR count). The van der Waals surface area contributed by atoms with E-state index in [1.165, 1.54) is 0 Å². The summed E-state index contributed by atoms with van der Waals surface area (Å²) < 4.78 is 2.01. The van der Waals surface area contributed by atoms with Crippen molar-refractivity contribution in [3.05, 3.63) is 75.0 Å². The van der Waals surface area contributed by atoms with Crippen molar-refractivity contribution in [2.45, 2.75) is 44.3 Å². The van der Waals surface area contributed by atoms with Gasteiger partial charge >= 0.3 is 0 Å². The van der Waals surface area contributed by atoms with E-state index in [4.69, 9.17) is 23.2 Å². The molecule has 0 saturated heterocycles. The topological polar surface area (TPSA) is 59.8 Å². The van der Waals surface area contributed by atoms with E-state index in [-0.39, 0.29) is 11.9 Å². The van der Waals surface area contributed by atoms with E-state index in [1.54, 1.807) is 17.8 Å². The van der Waals surface area contributed by atoms with Gasteiger partial charge in [-0.25, -0.2) is 0 Å². The summed E-state index contributed by atoms with van der Waals surface area (Å²) in [7, 11) is 0. The monoisotopic (exact) mass is 448 g/mol. The highest BCUT2D eigenvalue weighted by molar-refractivity contribution is 7.98. The maximum atomic E-state index is 12.5. The first-order chi connectivity index (χ1) is 13.9. The molecule has 0 spiro atoms. The molecule has 3 aromatic rings. The molecule has 1 aromatic heterocycles. The van der Waals surface area contributed by atoms with Gasteiger partial charge in [0.05, 0.1) is 6.04 Å². The molecular formula is C21H22Cl2N4OS. The number of thioether (sulfide) groups is 1. The van der Waals surface area contributed by atoms with Crippen molar-refractivity contribution in [2.24, 2.45) is 0 Å². The Morgan fingerprint density at radius 1 is 1.17 bits per heavy atom. The number of carbonyl (C=O) groups is 1. The number of nitrogens with zero attached hydrogens (tertiary/aromatic N) is 3. The normalized spacial score (nSPS) is 12.0. The number of amides is 1. The summed E-state index contributed by atoms with van der Waals surface area (Å²) in [5.74, 6) is 1.24. The molecule has 29 heavy (non-hydrogen) atoms. The van der Waals surface area contributed by atoms with Gasteiger partial charge in [-0.1, -0.05) is 58.7 Å². The van der Waals surface area contributed by atoms with Gasteiger partial charge in [0.2, 0.25) is 0 Å². The van der Waals surface area contributed by atoms with E-state index in [0.717, 1.165) is 22.1 Å². The molecule has 0 aliphatic carbocycles. The van der Waals surface area contributed by atoms with Crippen molar-refractivity contribution in [3.8, 4) is 0 Å². The largest absolute Gasteiger partial charge is 0.342 e. The number of halogens is 2. The van der Waals surface area contributed by atoms with Gasteiger partial charge in [0.15, 0.2) is 11.0 Å². The zero-order valence-electron chi connectivity index (χ0n) is 16.4. The maximum Gasteiger partial charge on any atom is 0.251 e. The van der Waals surface area contributed by atoms with Gasteiger partial charge in [-0.05, 0) is 50.6 Å². The lowest BCUT2D eigenvalue weighted by molar-refractivity contribution is 0.0937. The highest BCUT2D eigenvalue weighted by Crippen LogP contribution is 2.29.